The van der Waals surface area contributed by atoms with Crippen molar-refractivity contribution in [2.45, 2.75) is 47.0 Å². The molecule has 0 atom stereocenters. The van der Waals surface area contributed by atoms with Crippen molar-refractivity contribution in [3.63, 3.8) is 0 Å². The minimum absolute atomic E-state index is 0.0701. The van der Waals surface area contributed by atoms with Gasteiger partial charge in [0.05, 0.1) is 13.0 Å². The molecule has 0 unspecified atom stereocenters. The van der Waals surface area contributed by atoms with Gasteiger partial charge in [0, 0.05) is 6.54 Å². The first-order chi connectivity index (χ1) is 9.56. The Kier molecular flexibility index (Phi) is 7.13. The normalized spacial score (nSPS) is 10.7. The van der Waals surface area contributed by atoms with Crippen molar-refractivity contribution in [2.24, 2.45) is 5.92 Å². The number of carbonyl (C=O) groups is 1. The van der Waals surface area contributed by atoms with Crippen LogP contribution in [0.5, 0.6) is 5.75 Å². The number of nitrogens with one attached hydrogen (secondary N) is 1. The highest BCUT2D eigenvalue weighted by atomic mass is 16.5. The number of rotatable bonds is 8. The predicted molar refractivity (Wildman–Crippen MR) is 83.1 cm³/mol. The number of amides is 1. The molecule has 1 N–H and O–H groups in total. The lowest BCUT2D eigenvalue weighted by atomic mass is 10.0. The topological polar surface area (TPSA) is 38.3 Å². The summed E-state index contributed by atoms with van der Waals surface area (Å²) in [4.78, 5) is 11.7. The van der Waals surface area contributed by atoms with Crippen LogP contribution >= 0.6 is 0 Å². The van der Waals surface area contributed by atoms with Crippen LogP contribution in [0.25, 0.3) is 0 Å². The molecule has 0 aliphatic heterocycles. The summed E-state index contributed by atoms with van der Waals surface area (Å²) in [6, 6.07) is 6.00. The van der Waals surface area contributed by atoms with Gasteiger partial charge in [0.15, 0.2) is 0 Å². The lowest BCUT2D eigenvalue weighted by Gasteiger charge is -2.13. The Morgan fingerprint density at radius 3 is 2.50 bits per heavy atom. The summed E-state index contributed by atoms with van der Waals surface area (Å²) in [5, 5.41) is 2.97. The number of hydrogen-bond donors (Lipinski definition) is 1. The average Bonchev–Trinajstić information content (AvgIpc) is 2.44. The zero-order chi connectivity index (χ0) is 15.0. The lowest BCUT2D eigenvalue weighted by molar-refractivity contribution is -0.121. The van der Waals surface area contributed by atoms with E-state index < -0.39 is 0 Å². The van der Waals surface area contributed by atoms with Crippen LogP contribution in [0.2, 0.25) is 0 Å². The highest BCUT2D eigenvalue weighted by Gasteiger charge is 2.07. The molecule has 1 rings (SSSR count). The van der Waals surface area contributed by atoms with E-state index in [0.717, 1.165) is 25.1 Å². The Balaban J connectivity index is 2.26. The standard InChI is InChI=1S/C17H27NO2/c1-5-15(6-2)12-18-17(19)9-10-20-16-8-7-13(3)14(4)11-16/h7-8,11,15H,5-6,9-10,12H2,1-4H3,(H,18,19). The van der Waals surface area contributed by atoms with Crippen molar-refractivity contribution in [1.82, 2.24) is 5.32 Å². The van der Waals surface area contributed by atoms with Crippen molar-refractivity contribution in [1.29, 1.82) is 0 Å². The fourth-order valence-corrected chi connectivity index (χ4v) is 1.99. The zero-order valence-electron chi connectivity index (χ0n) is 13.2. The summed E-state index contributed by atoms with van der Waals surface area (Å²) < 4.78 is 5.61. The Morgan fingerprint density at radius 1 is 1.20 bits per heavy atom. The second-order valence-corrected chi connectivity index (χ2v) is 5.33. The molecule has 0 fully saturated rings. The first-order valence-electron chi connectivity index (χ1n) is 7.53. The van der Waals surface area contributed by atoms with Crippen LogP contribution < -0.4 is 10.1 Å². The van der Waals surface area contributed by atoms with Crippen LogP contribution in [0.15, 0.2) is 18.2 Å². The monoisotopic (exact) mass is 277 g/mol. The largest absolute Gasteiger partial charge is 0.493 e. The molecular weight excluding hydrogens is 250 g/mol. The summed E-state index contributed by atoms with van der Waals surface area (Å²) >= 11 is 0. The van der Waals surface area contributed by atoms with Crippen LogP contribution in [-0.2, 0) is 4.79 Å². The van der Waals surface area contributed by atoms with E-state index in [1.54, 1.807) is 0 Å². The fourth-order valence-electron chi connectivity index (χ4n) is 1.99. The highest BCUT2D eigenvalue weighted by molar-refractivity contribution is 5.75. The summed E-state index contributed by atoms with van der Waals surface area (Å²) in [5.74, 6) is 1.49. The van der Waals surface area contributed by atoms with E-state index in [9.17, 15) is 4.79 Å². The molecule has 0 saturated carbocycles. The Labute approximate surface area is 122 Å². The summed E-state index contributed by atoms with van der Waals surface area (Å²) in [6.45, 7) is 9.65. The van der Waals surface area contributed by atoms with Gasteiger partial charge in [-0.25, -0.2) is 0 Å². The third kappa shape index (κ3) is 5.64. The van der Waals surface area contributed by atoms with Crippen LogP contribution in [0.1, 0.15) is 44.2 Å². The van der Waals surface area contributed by atoms with Gasteiger partial charge in [-0.2, -0.15) is 0 Å². The van der Waals surface area contributed by atoms with Gasteiger partial charge >= 0.3 is 0 Å². The molecule has 1 amide bonds. The summed E-state index contributed by atoms with van der Waals surface area (Å²) in [6.07, 6.45) is 2.62. The van der Waals surface area contributed by atoms with E-state index in [-0.39, 0.29) is 5.91 Å². The molecule has 0 saturated heterocycles. The minimum atomic E-state index is 0.0701. The molecule has 3 heteroatoms. The third-order valence-corrected chi connectivity index (χ3v) is 3.82. The summed E-state index contributed by atoms with van der Waals surface area (Å²) in [7, 11) is 0. The average molecular weight is 277 g/mol. The minimum Gasteiger partial charge on any atom is -0.493 e. The van der Waals surface area contributed by atoms with Crippen LogP contribution in [-0.4, -0.2) is 19.1 Å². The Bertz CT molecular complexity index is 425. The Morgan fingerprint density at radius 2 is 1.90 bits per heavy atom. The van der Waals surface area contributed by atoms with E-state index in [1.807, 2.05) is 18.2 Å². The van der Waals surface area contributed by atoms with Gasteiger partial charge in [-0.05, 0) is 43.0 Å². The van der Waals surface area contributed by atoms with Crippen LogP contribution in [0.3, 0.4) is 0 Å². The van der Waals surface area contributed by atoms with Gasteiger partial charge in [0.2, 0.25) is 5.91 Å². The van der Waals surface area contributed by atoms with Crippen molar-refractivity contribution in [3.8, 4) is 5.75 Å². The van der Waals surface area contributed by atoms with E-state index in [0.29, 0.717) is 18.9 Å². The molecule has 3 nitrogen and oxygen atoms in total. The van der Waals surface area contributed by atoms with Gasteiger partial charge in [-0.15, -0.1) is 0 Å². The first-order valence-corrected chi connectivity index (χ1v) is 7.53. The smallest absolute Gasteiger partial charge is 0.223 e. The van der Waals surface area contributed by atoms with E-state index in [1.165, 1.54) is 11.1 Å². The highest BCUT2D eigenvalue weighted by Crippen LogP contribution is 2.16. The summed E-state index contributed by atoms with van der Waals surface area (Å²) in [5.41, 5.74) is 2.46. The number of carbonyl (C=O) groups excluding carboxylic acids is 1. The maximum atomic E-state index is 11.7. The van der Waals surface area contributed by atoms with E-state index >= 15 is 0 Å². The second kappa shape index (κ2) is 8.62. The molecule has 0 radical (unpaired) electrons. The van der Waals surface area contributed by atoms with Crippen molar-refractivity contribution in [3.05, 3.63) is 29.3 Å². The zero-order valence-corrected chi connectivity index (χ0v) is 13.2. The molecule has 20 heavy (non-hydrogen) atoms. The van der Waals surface area contributed by atoms with Gasteiger partial charge in [0.25, 0.3) is 0 Å². The van der Waals surface area contributed by atoms with Crippen molar-refractivity contribution < 1.29 is 9.53 Å². The van der Waals surface area contributed by atoms with Crippen molar-refractivity contribution >= 4 is 5.91 Å². The number of ether oxygens (including phenoxy) is 1. The molecule has 0 aliphatic carbocycles. The van der Waals surface area contributed by atoms with Gasteiger partial charge in [-0.3, -0.25) is 4.79 Å². The SMILES string of the molecule is CCC(CC)CNC(=O)CCOc1ccc(C)c(C)c1. The third-order valence-electron chi connectivity index (χ3n) is 3.82. The van der Waals surface area contributed by atoms with Crippen LogP contribution in [0.4, 0.5) is 0 Å². The molecule has 0 bridgehead atoms. The molecule has 0 aromatic heterocycles. The lowest BCUT2D eigenvalue weighted by Crippen LogP contribution is -2.29. The van der Waals surface area contributed by atoms with Gasteiger partial charge < -0.3 is 10.1 Å². The number of benzene rings is 1. The predicted octanol–water partition coefficient (Wildman–Crippen LogP) is 3.62. The maximum Gasteiger partial charge on any atom is 0.223 e. The quantitative estimate of drug-likeness (QED) is 0.788. The number of aryl methyl sites for hydroxylation is 2. The Hall–Kier alpha value is -1.51. The molecule has 1 aromatic carbocycles. The number of hydrogen-bond acceptors (Lipinski definition) is 2. The molecule has 1 aromatic rings. The van der Waals surface area contributed by atoms with Crippen LogP contribution in [0, 0.1) is 19.8 Å². The second-order valence-electron chi connectivity index (χ2n) is 5.33. The van der Waals surface area contributed by atoms with E-state index in [4.69, 9.17) is 4.74 Å². The molecule has 0 spiro atoms. The first kappa shape index (κ1) is 16.5. The molecule has 112 valence electrons. The molecule has 0 heterocycles. The molecule has 0 aliphatic rings. The fraction of sp³-hybridized carbons (Fsp3) is 0.588. The van der Waals surface area contributed by atoms with Gasteiger partial charge in [-0.1, -0.05) is 32.8 Å². The van der Waals surface area contributed by atoms with Crippen molar-refractivity contribution in [2.75, 3.05) is 13.2 Å². The maximum absolute atomic E-state index is 11.7. The molecular formula is C17H27NO2. The van der Waals surface area contributed by atoms with Gasteiger partial charge in [0.1, 0.15) is 5.75 Å². The van der Waals surface area contributed by atoms with E-state index in [2.05, 4.69) is 33.0 Å².